The highest BCUT2D eigenvalue weighted by Gasteiger charge is 2.30. The lowest BCUT2D eigenvalue weighted by atomic mass is 10.0. The minimum Gasteiger partial charge on any atom is -0.341 e. The summed E-state index contributed by atoms with van der Waals surface area (Å²) in [6.07, 6.45) is 3.55. The molecule has 1 atom stereocenters. The van der Waals surface area contributed by atoms with Gasteiger partial charge in [-0.3, -0.25) is 14.5 Å². The Morgan fingerprint density at radius 2 is 1.84 bits per heavy atom. The van der Waals surface area contributed by atoms with Crippen LogP contribution in [0.3, 0.4) is 0 Å². The molecule has 2 aliphatic rings. The maximum absolute atomic E-state index is 13.1. The zero-order chi connectivity index (χ0) is 17.8. The quantitative estimate of drug-likeness (QED) is 0.846. The van der Waals surface area contributed by atoms with E-state index in [1.807, 2.05) is 35.8 Å². The summed E-state index contributed by atoms with van der Waals surface area (Å²) < 4.78 is 0. The zero-order valence-corrected chi connectivity index (χ0v) is 15.4. The molecular formula is C20H29N3O2. The van der Waals surface area contributed by atoms with E-state index in [1.54, 1.807) is 0 Å². The predicted molar refractivity (Wildman–Crippen MR) is 99.6 cm³/mol. The van der Waals surface area contributed by atoms with E-state index in [0.29, 0.717) is 6.42 Å². The number of anilines is 1. The summed E-state index contributed by atoms with van der Waals surface area (Å²) in [7, 11) is 0. The van der Waals surface area contributed by atoms with Gasteiger partial charge in [-0.05, 0) is 37.8 Å². The molecule has 0 bridgehead atoms. The molecule has 0 spiro atoms. The molecule has 2 heterocycles. The van der Waals surface area contributed by atoms with Crippen molar-refractivity contribution < 1.29 is 9.59 Å². The van der Waals surface area contributed by atoms with Gasteiger partial charge in [-0.2, -0.15) is 0 Å². The normalized spacial score (nSPS) is 19.9. The van der Waals surface area contributed by atoms with E-state index in [9.17, 15) is 9.59 Å². The molecule has 2 aliphatic heterocycles. The molecule has 0 radical (unpaired) electrons. The van der Waals surface area contributed by atoms with Crippen molar-refractivity contribution in [3.63, 3.8) is 0 Å². The summed E-state index contributed by atoms with van der Waals surface area (Å²) in [6, 6.07) is 8.09. The van der Waals surface area contributed by atoms with Crippen molar-refractivity contribution >= 4 is 17.5 Å². The standard InChI is InChI=1S/C20H29N3O2/c1-3-19(24)22-12-7-11-21(14-15-22)16(2)20(25)23-13-6-9-17-8-4-5-10-18(17)23/h4-5,8,10,16H,3,6-7,9,11-15H2,1-2H3. The number of hydrogen-bond donors (Lipinski definition) is 0. The maximum atomic E-state index is 13.1. The van der Waals surface area contributed by atoms with Crippen molar-refractivity contribution in [2.75, 3.05) is 37.6 Å². The van der Waals surface area contributed by atoms with Gasteiger partial charge < -0.3 is 9.80 Å². The minimum absolute atomic E-state index is 0.150. The molecule has 0 aliphatic carbocycles. The van der Waals surface area contributed by atoms with E-state index >= 15 is 0 Å². The largest absolute Gasteiger partial charge is 0.341 e. The molecule has 1 saturated heterocycles. The number of amides is 2. The third-order valence-electron chi connectivity index (χ3n) is 5.47. The van der Waals surface area contributed by atoms with Gasteiger partial charge in [-0.15, -0.1) is 0 Å². The Morgan fingerprint density at radius 3 is 2.64 bits per heavy atom. The zero-order valence-electron chi connectivity index (χ0n) is 15.4. The Morgan fingerprint density at radius 1 is 1.04 bits per heavy atom. The maximum Gasteiger partial charge on any atom is 0.244 e. The lowest BCUT2D eigenvalue weighted by molar-refractivity contribution is -0.130. The van der Waals surface area contributed by atoms with E-state index in [-0.39, 0.29) is 17.9 Å². The lowest BCUT2D eigenvalue weighted by Crippen LogP contribution is -2.49. The summed E-state index contributed by atoms with van der Waals surface area (Å²) >= 11 is 0. The molecule has 1 aromatic carbocycles. The van der Waals surface area contributed by atoms with E-state index < -0.39 is 0 Å². The second-order valence-corrected chi connectivity index (χ2v) is 7.02. The van der Waals surface area contributed by atoms with E-state index in [4.69, 9.17) is 0 Å². The fourth-order valence-corrected chi connectivity index (χ4v) is 3.94. The van der Waals surface area contributed by atoms with Crippen LogP contribution in [0.2, 0.25) is 0 Å². The number of fused-ring (bicyclic) bond motifs is 1. The molecular weight excluding hydrogens is 314 g/mol. The third kappa shape index (κ3) is 3.87. The third-order valence-corrected chi connectivity index (χ3v) is 5.47. The summed E-state index contributed by atoms with van der Waals surface area (Å²) in [6.45, 7) is 7.89. The summed E-state index contributed by atoms with van der Waals surface area (Å²) in [4.78, 5) is 31.2. The molecule has 5 nitrogen and oxygen atoms in total. The van der Waals surface area contributed by atoms with Gasteiger partial charge in [0, 0.05) is 44.8 Å². The lowest BCUT2D eigenvalue weighted by Gasteiger charge is -2.35. The van der Waals surface area contributed by atoms with Crippen LogP contribution in [0.4, 0.5) is 5.69 Å². The summed E-state index contributed by atoms with van der Waals surface area (Å²) in [5, 5.41) is 0. The van der Waals surface area contributed by atoms with Crippen molar-refractivity contribution in [2.45, 2.75) is 45.6 Å². The Labute approximate surface area is 150 Å². The first-order chi connectivity index (χ1) is 12.1. The Kier molecular flexibility index (Phi) is 5.74. The highest BCUT2D eigenvalue weighted by atomic mass is 16.2. The van der Waals surface area contributed by atoms with Crippen LogP contribution in [-0.2, 0) is 16.0 Å². The van der Waals surface area contributed by atoms with Crippen LogP contribution in [0.15, 0.2) is 24.3 Å². The van der Waals surface area contributed by atoms with Crippen LogP contribution < -0.4 is 4.90 Å². The van der Waals surface area contributed by atoms with E-state index in [0.717, 1.165) is 57.7 Å². The number of rotatable bonds is 3. The molecule has 1 aromatic rings. The van der Waals surface area contributed by atoms with Crippen LogP contribution >= 0.6 is 0 Å². The van der Waals surface area contributed by atoms with Gasteiger partial charge in [-0.25, -0.2) is 0 Å². The summed E-state index contributed by atoms with van der Waals surface area (Å²) in [5.74, 6) is 0.396. The molecule has 0 N–H and O–H groups in total. The Bertz CT molecular complexity index is 631. The molecule has 1 fully saturated rings. The van der Waals surface area contributed by atoms with Gasteiger partial charge in [0.1, 0.15) is 0 Å². The number of nitrogens with zero attached hydrogens (tertiary/aromatic N) is 3. The molecule has 0 aromatic heterocycles. The van der Waals surface area contributed by atoms with Crippen molar-refractivity contribution in [3.05, 3.63) is 29.8 Å². The monoisotopic (exact) mass is 343 g/mol. The molecule has 25 heavy (non-hydrogen) atoms. The van der Waals surface area contributed by atoms with Crippen LogP contribution in [0.25, 0.3) is 0 Å². The number of hydrogen-bond acceptors (Lipinski definition) is 3. The van der Waals surface area contributed by atoms with Gasteiger partial charge >= 0.3 is 0 Å². The number of carbonyl (C=O) groups is 2. The number of carbonyl (C=O) groups excluding carboxylic acids is 2. The molecule has 1 unspecified atom stereocenters. The molecule has 2 amide bonds. The SMILES string of the molecule is CCC(=O)N1CCCN(C(C)C(=O)N2CCCc3ccccc32)CC1. The highest BCUT2D eigenvalue weighted by molar-refractivity contribution is 5.98. The van der Waals surface area contributed by atoms with Crippen LogP contribution in [0, 0.1) is 0 Å². The van der Waals surface area contributed by atoms with Crippen molar-refractivity contribution in [3.8, 4) is 0 Å². The van der Waals surface area contributed by atoms with Gasteiger partial charge in [0.05, 0.1) is 6.04 Å². The second kappa shape index (κ2) is 8.00. The average molecular weight is 343 g/mol. The number of benzene rings is 1. The molecule has 5 heteroatoms. The van der Waals surface area contributed by atoms with Crippen molar-refractivity contribution in [1.82, 2.24) is 9.80 Å². The molecule has 0 saturated carbocycles. The van der Waals surface area contributed by atoms with Gasteiger partial charge in [0.15, 0.2) is 0 Å². The summed E-state index contributed by atoms with van der Waals surface area (Å²) in [5.41, 5.74) is 2.34. The fourth-order valence-electron chi connectivity index (χ4n) is 3.94. The Hall–Kier alpha value is -1.88. The number of para-hydroxylation sites is 1. The van der Waals surface area contributed by atoms with E-state index in [2.05, 4.69) is 17.0 Å². The van der Waals surface area contributed by atoms with Crippen LogP contribution in [0.1, 0.15) is 38.7 Å². The first-order valence-electron chi connectivity index (χ1n) is 9.53. The molecule has 3 rings (SSSR count). The van der Waals surface area contributed by atoms with Crippen LogP contribution in [0.5, 0.6) is 0 Å². The number of aryl methyl sites for hydroxylation is 1. The van der Waals surface area contributed by atoms with E-state index in [1.165, 1.54) is 5.56 Å². The highest BCUT2D eigenvalue weighted by Crippen LogP contribution is 2.27. The fraction of sp³-hybridized carbons (Fsp3) is 0.600. The van der Waals surface area contributed by atoms with Crippen molar-refractivity contribution in [1.29, 1.82) is 0 Å². The minimum atomic E-state index is -0.150. The van der Waals surface area contributed by atoms with Gasteiger partial charge in [0.2, 0.25) is 11.8 Å². The van der Waals surface area contributed by atoms with Crippen LogP contribution in [-0.4, -0.2) is 60.4 Å². The molecule has 136 valence electrons. The predicted octanol–water partition coefficient (Wildman–Crippen LogP) is 2.30. The second-order valence-electron chi connectivity index (χ2n) is 7.02. The van der Waals surface area contributed by atoms with Gasteiger partial charge in [-0.1, -0.05) is 25.1 Å². The average Bonchev–Trinajstić information content (AvgIpc) is 2.92. The van der Waals surface area contributed by atoms with Crippen molar-refractivity contribution in [2.24, 2.45) is 0 Å². The first kappa shape index (κ1) is 17.9. The topological polar surface area (TPSA) is 43.9 Å². The smallest absolute Gasteiger partial charge is 0.244 e. The first-order valence-corrected chi connectivity index (χ1v) is 9.53. The Balaban J connectivity index is 1.68. The van der Waals surface area contributed by atoms with Gasteiger partial charge in [0.25, 0.3) is 0 Å².